The van der Waals surface area contributed by atoms with Crippen LogP contribution in [0.5, 0.6) is 0 Å². The van der Waals surface area contributed by atoms with Crippen LogP contribution >= 0.6 is 24.0 Å². The van der Waals surface area contributed by atoms with Gasteiger partial charge < -0.3 is 10.2 Å². The molecule has 19 heavy (non-hydrogen) atoms. The van der Waals surface area contributed by atoms with Gasteiger partial charge >= 0.3 is 0 Å². The number of hydrogen-bond donors (Lipinski definition) is 1. The highest BCUT2D eigenvalue weighted by atomic mass is 35.5. The molecule has 0 aliphatic carbocycles. The predicted octanol–water partition coefficient (Wildman–Crippen LogP) is 1.72. The van der Waals surface area contributed by atoms with Gasteiger partial charge in [0.2, 0.25) is 0 Å². The summed E-state index contributed by atoms with van der Waals surface area (Å²) in [6.45, 7) is 6.98. The molecular weight excluding hydrogens is 287 g/mol. The van der Waals surface area contributed by atoms with E-state index in [4.69, 9.17) is 11.6 Å². The molecule has 5 nitrogen and oxygen atoms in total. The highest BCUT2D eigenvalue weighted by Crippen LogP contribution is 2.18. The van der Waals surface area contributed by atoms with E-state index in [1.54, 1.807) is 4.90 Å². The summed E-state index contributed by atoms with van der Waals surface area (Å²) in [5, 5.41) is 3.53. The number of nitrogens with zero attached hydrogens (tertiary/aromatic N) is 3. The average molecular weight is 305 g/mol. The number of carbonyl (C=O) groups excluding carboxylic acids is 1. The van der Waals surface area contributed by atoms with Crippen LogP contribution in [0.3, 0.4) is 0 Å². The van der Waals surface area contributed by atoms with E-state index in [1.807, 2.05) is 13.8 Å². The number of piperazine rings is 1. The Bertz CT molecular complexity index is 447. The van der Waals surface area contributed by atoms with Crippen molar-refractivity contribution in [1.29, 1.82) is 0 Å². The Morgan fingerprint density at radius 2 is 2.05 bits per heavy atom. The van der Waals surface area contributed by atoms with Gasteiger partial charge in [-0.05, 0) is 0 Å². The molecule has 1 N–H and O–H groups in total. The second kappa shape index (κ2) is 7.03. The van der Waals surface area contributed by atoms with Gasteiger partial charge in [0.15, 0.2) is 5.69 Å². The largest absolute Gasteiger partial charge is 0.335 e. The summed E-state index contributed by atoms with van der Waals surface area (Å²) in [6, 6.07) is 0. The van der Waals surface area contributed by atoms with Gasteiger partial charge in [-0.3, -0.25) is 4.79 Å². The Morgan fingerprint density at radius 1 is 1.42 bits per heavy atom. The first-order chi connectivity index (χ1) is 8.59. The van der Waals surface area contributed by atoms with Crippen molar-refractivity contribution in [1.82, 2.24) is 20.2 Å². The quantitative estimate of drug-likeness (QED) is 0.904. The number of nitrogens with one attached hydrogen (secondary N) is 1. The fourth-order valence-electron chi connectivity index (χ4n) is 1.83. The molecule has 1 amide bonds. The lowest BCUT2D eigenvalue weighted by atomic mass is 10.2. The summed E-state index contributed by atoms with van der Waals surface area (Å²) in [7, 11) is 0. The van der Waals surface area contributed by atoms with E-state index in [0.29, 0.717) is 29.6 Å². The molecule has 0 bridgehead atoms. The van der Waals surface area contributed by atoms with Crippen LogP contribution in [0.25, 0.3) is 0 Å². The van der Waals surface area contributed by atoms with Crippen LogP contribution in [0.4, 0.5) is 0 Å². The van der Waals surface area contributed by atoms with Gasteiger partial charge in [-0.15, -0.1) is 12.4 Å². The third-order valence-corrected chi connectivity index (χ3v) is 3.16. The van der Waals surface area contributed by atoms with Crippen LogP contribution in [-0.2, 0) is 0 Å². The summed E-state index contributed by atoms with van der Waals surface area (Å²) in [6.07, 6.45) is 1.51. The molecule has 0 saturated carbocycles. The fraction of sp³-hybridized carbons (Fsp3) is 0.583. The van der Waals surface area contributed by atoms with Crippen molar-refractivity contribution in [3.63, 3.8) is 0 Å². The lowest BCUT2D eigenvalue weighted by Gasteiger charge is -2.27. The van der Waals surface area contributed by atoms with Gasteiger partial charge in [0, 0.05) is 32.1 Å². The Morgan fingerprint density at radius 3 is 2.63 bits per heavy atom. The summed E-state index contributed by atoms with van der Waals surface area (Å²) < 4.78 is 0. The molecule has 2 heterocycles. The minimum Gasteiger partial charge on any atom is -0.335 e. The standard InChI is InChI=1S/C12H17ClN4O.ClH/c1-8(2)11-15-7-9(13)10(16-11)12(18)17-5-3-14-4-6-17;/h7-8,14H,3-6H2,1-2H3;1H. The van der Waals surface area contributed by atoms with Crippen LogP contribution in [-0.4, -0.2) is 47.0 Å². The molecule has 2 rings (SSSR count). The molecule has 1 aliphatic heterocycles. The molecule has 0 aromatic carbocycles. The molecule has 1 fully saturated rings. The van der Waals surface area contributed by atoms with Gasteiger partial charge in [-0.1, -0.05) is 25.4 Å². The monoisotopic (exact) mass is 304 g/mol. The lowest BCUT2D eigenvalue weighted by molar-refractivity contribution is 0.0729. The van der Waals surface area contributed by atoms with Crippen molar-refractivity contribution in [3.8, 4) is 0 Å². The maximum Gasteiger partial charge on any atom is 0.274 e. The Balaban J connectivity index is 0.00000180. The third kappa shape index (κ3) is 3.78. The molecule has 7 heteroatoms. The molecule has 1 saturated heterocycles. The van der Waals surface area contributed by atoms with Gasteiger partial charge in [0.1, 0.15) is 5.82 Å². The highest BCUT2D eigenvalue weighted by molar-refractivity contribution is 6.33. The smallest absolute Gasteiger partial charge is 0.274 e. The summed E-state index contributed by atoms with van der Waals surface area (Å²) >= 11 is 6.03. The van der Waals surface area contributed by atoms with E-state index in [-0.39, 0.29) is 24.2 Å². The topological polar surface area (TPSA) is 58.1 Å². The molecular formula is C12H18Cl2N4O. The maximum absolute atomic E-state index is 12.3. The van der Waals surface area contributed by atoms with Crippen molar-refractivity contribution in [2.45, 2.75) is 19.8 Å². The maximum atomic E-state index is 12.3. The zero-order chi connectivity index (χ0) is 13.1. The van der Waals surface area contributed by atoms with Gasteiger partial charge in [0.05, 0.1) is 11.2 Å². The van der Waals surface area contributed by atoms with Crippen molar-refractivity contribution in [2.75, 3.05) is 26.2 Å². The Kier molecular flexibility index (Phi) is 5.97. The second-order valence-corrected chi connectivity index (χ2v) is 5.03. The lowest BCUT2D eigenvalue weighted by Crippen LogP contribution is -2.46. The van der Waals surface area contributed by atoms with Crippen LogP contribution < -0.4 is 5.32 Å². The fourth-order valence-corrected chi connectivity index (χ4v) is 2.00. The van der Waals surface area contributed by atoms with Gasteiger partial charge in [0.25, 0.3) is 5.91 Å². The van der Waals surface area contributed by atoms with E-state index >= 15 is 0 Å². The molecule has 106 valence electrons. The summed E-state index contributed by atoms with van der Waals surface area (Å²) in [5.41, 5.74) is 0.317. The van der Waals surface area contributed by atoms with Crippen molar-refractivity contribution >= 4 is 29.9 Å². The SMILES string of the molecule is CC(C)c1ncc(Cl)c(C(=O)N2CCNCC2)n1.Cl. The molecule has 0 spiro atoms. The molecule has 1 aromatic rings. The first-order valence-electron chi connectivity index (χ1n) is 6.12. The number of rotatable bonds is 2. The third-order valence-electron chi connectivity index (χ3n) is 2.89. The van der Waals surface area contributed by atoms with E-state index in [1.165, 1.54) is 6.20 Å². The van der Waals surface area contributed by atoms with E-state index in [9.17, 15) is 4.79 Å². The minimum atomic E-state index is -0.106. The van der Waals surface area contributed by atoms with Crippen LogP contribution in [0, 0.1) is 0 Å². The molecule has 0 atom stereocenters. The zero-order valence-corrected chi connectivity index (χ0v) is 12.6. The van der Waals surface area contributed by atoms with Crippen molar-refractivity contribution in [2.24, 2.45) is 0 Å². The number of amides is 1. The molecule has 0 unspecified atom stereocenters. The van der Waals surface area contributed by atoms with Gasteiger partial charge in [-0.2, -0.15) is 0 Å². The second-order valence-electron chi connectivity index (χ2n) is 4.62. The van der Waals surface area contributed by atoms with Crippen LogP contribution in [0.1, 0.15) is 36.1 Å². The van der Waals surface area contributed by atoms with Crippen LogP contribution in [0.2, 0.25) is 5.02 Å². The van der Waals surface area contributed by atoms with Crippen LogP contribution in [0.15, 0.2) is 6.20 Å². The van der Waals surface area contributed by atoms with Crippen molar-refractivity contribution < 1.29 is 4.79 Å². The van der Waals surface area contributed by atoms with E-state index in [0.717, 1.165) is 13.1 Å². The van der Waals surface area contributed by atoms with Gasteiger partial charge in [-0.25, -0.2) is 9.97 Å². The normalized spacial score (nSPS) is 15.3. The zero-order valence-electron chi connectivity index (χ0n) is 11.0. The van der Waals surface area contributed by atoms with E-state index in [2.05, 4.69) is 15.3 Å². The number of aromatic nitrogens is 2. The first-order valence-corrected chi connectivity index (χ1v) is 6.50. The van der Waals surface area contributed by atoms with E-state index < -0.39 is 0 Å². The Hall–Kier alpha value is -0.910. The molecule has 1 aliphatic rings. The minimum absolute atomic E-state index is 0. The summed E-state index contributed by atoms with van der Waals surface area (Å²) in [5.74, 6) is 0.723. The predicted molar refractivity (Wildman–Crippen MR) is 77.2 cm³/mol. The number of halogens is 2. The first kappa shape index (κ1) is 16.1. The molecule has 0 radical (unpaired) electrons. The number of hydrogen-bond acceptors (Lipinski definition) is 4. The highest BCUT2D eigenvalue weighted by Gasteiger charge is 2.22. The number of carbonyl (C=O) groups is 1. The Labute approximate surface area is 124 Å². The van der Waals surface area contributed by atoms with Crippen molar-refractivity contribution in [3.05, 3.63) is 22.7 Å². The molecule has 1 aromatic heterocycles. The summed E-state index contributed by atoms with van der Waals surface area (Å²) in [4.78, 5) is 22.5. The average Bonchev–Trinajstić information content (AvgIpc) is 2.39.